The monoisotopic (exact) mass is 574 g/mol. The van der Waals surface area contributed by atoms with Crippen LogP contribution in [0, 0.1) is 0 Å². The van der Waals surface area contributed by atoms with Gasteiger partial charge in [-0.2, -0.15) is 0 Å². The van der Waals surface area contributed by atoms with Crippen LogP contribution in [0.25, 0.3) is 21.8 Å². The van der Waals surface area contributed by atoms with Gasteiger partial charge in [-0.3, -0.25) is 19.8 Å². The number of hydrogen-bond acceptors (Lipinski definition) is 10. The Balaban J connectivity index is 1.13. The van der Waals surface area contributed by atoms with Crippen molar-refractivity contribution in [1.82, 2.24) is 19.8 Å². The summed E-state index contributed by atoms with van der Waals surface area (Å²) in [4.78, 5) is 13.6. The molecule has 0 amide bonds. The number of anilines is 2. The molecule has 10 heteroatoms. The van der Waals surface area contributed by atoms with Gasteiger partial charge in [0.25, 0.3) is 0 Å². The van der Waals surface area contributed by atoms with Crippen LogP contribution < -0.4 is 11.5 Å². The van der Waals surface area contributed by atoms with Gasteiger partial charge in [-0.25, -0.2) is 0 Å². The fourth-order valence-corrected chi connectivity index (χ4v) is 5.13. The molecule has 5 rings (SSSR count). The van der Waals surface area contributed by atoms with Crippen LogP contribution in [0.2, 0.25) is 0 Å². The van der Waals surface area contributed by atoms with E-state index < -0.39 is 0 Å². The van der Waals surface area contributed by atoms with Gasteiger partial charge in [0.05, 0.1) is 75.3 Å². The SMILES string of the molecule is Nc1c(CN2CCOCCOCCN(Cc3ccc4cccnc4c3N)CCOCCOCC2)ccc2cccnc12. The summed E-state index contributed by atoms with van der Waals surface area (Å²) >= 11 is 0. The first kappa shape index (κ1) is 30.1. The first-order chi connectivity index (χ1) is 20.7. The molecule has 3 heterocycles. The van der Waals surface area contributed by atoms with E-state index in [9.17, 15) is 0 Å². The first-order valence-electron chi connectivity index (χ1n) is 14.7. The fourth-order valence-electron chi connectivity index (χ4n) is 5.13. The number of rotatable bonds is 4. The summed E-state index contributed by atoms with van der Waals surface area (Å²) in [5.41, 5.74) is 18.2. The van der Waals surface area contributed by atoms with Crippen molar-refractivity contribution in [3.63, 3.8) is 0 Å². The lowest BCUT2D eigenvalue weighted by molar-refractivity contribution is 0.00629. The number of nitrogens with zero attached hydrogens (tertiary/aromatic N) is 4. The smallest absolute Gasteiger partial charge is 0.0934 e. The van der Waals surface area contributed by atoms with Gasteiger partial charge < -0.3 is 30.4 Å². The second-order valence-electron chi connectivity index (χ2n) is 10.4. The maximum absolute atomic E-state index is 6.49. The van der Waals surface area contributed by atoms with E-state index in [1.165, 1.54) is 0 Å². The predicted molar refractivity (Wildman–Crippen MR) is 166 cm³/mol. The number of aromatic nitrogens is 2. The molecule has 2 aromatic carbocycles. The lowest BCUT2D eigenvalue weighted by Gasteiger charge is -2.24. The molecule has 10 nitrogen and oxygen atoms in total. The van der Waals surface area contributed by atoms with Crippen molar-refractivity contribution in [2.75, 3.05) is 90.5 Å². The van der Waals surface area contributed by atoms with E-state index in [2.05, 4.69) is 44.0 Å². The van der Waals surface area contributed by atoms with Crippen LogP contribution in [0.15, 0.2) is 60.9 Å². The Bertz CT molecular complexity index is 1290. The van der Waals surface area contributed by atoms with Gasteiger partial charge in [0.2, 0.25) is 0 Å². The number of fused-ring (bicyclic) bond motifs is 2. The predicted octanol–water partition coefficient (Wildman–Crippen LogP) is 3.33. The Kier molecular flexibility index (Phi) is 11.3. The highest BCUT2D eigenvalue weighted by Crippen LogP contribution is 2.25. The zero-order valence-corrected chi connectivity index (χ0v) is 24.2. The fraction of sp³-hybridized carbons (Fsp3) is 0.438. The van der Waals surface area contributed by atoms with Crippen LogP contribution in [-0.2, 0) is 32.0 Å². The Labute approximate surface area is 247 Å². The molecule has 0 radical (unpaired) electrons. The highest BCUT2D eigenvalue weighted by molar-refractivity contribution is 5.91. The van der Waals surface area contributed by atoms with Gasteiger partial charge >= 0.3 is 0 Å². The Hall–Kier alpha value is -3.38. The van der Waals surface area contributed by atoms with E-state index in [1.807, 2.05) is 24.3 Å². The van der Waals surface area contributed by atoms with Crippen LogP contribution >= 0.6 is 0 Å². The van der Waals surface area contributed by atoms with Crippen molar-refractivity contribution in [3.8, 4) is 0 Å². The molecule has 4 aromatic rings. The molecule has 0 spiro atoms. The van der Waals surface area contributed by atoms with Crippen molar-refractivity contribution in [2.24, 2.45) is 0 Å². The molecule has 2 aromatic heterocycles. The van der Waals surface area contributed by atoms with Crippen LogP contribution in [-0.4, -0.2) is 98.8 Å². The zero-order valence-electron chi connectivity index (χ0n) is 24.2. The quantitative estimate of drug-likeness (QED) is 0.351. The van der Waals surface area contributed by atoms with Crippen molar-refractivity contribution in [1.29, 1.82) is 0 Å². The molecule has 1 fully saturated rings. The summed E-state index contributed by atoms with van der Waals surface area (Å²) in [5, 5.41) is 2.09. The Morgan fingerprint density at radius 1 is 0.524 bits per heavy atom. The number of ether oxygens (including phenoxy) is 4. The highest BCUT2D eigenvalue weighted by atomic mass is 16.5. The first-order valence-corrected chi connectivity index (χ1v) is 14.7. The zero-order chi connectivity index (χ0) is 29.0. The number of nitrogen functional groups attached to an aromatic ring is 2. The molecule has 0 aliphatic carbocycles. The lowest BCUT2D eigenvalue weighted by atomic mass is 10.1. The third-order valence-corrected chi connectivity index (χ3v) is 7.55. The van der Waals surface area contributed by atoms with Crippen LogP contribution in [0.5, 0.6) is 0 Å². The summed E-state index contributed by atoms with van der Waals surface area (Å²) < 4.78 is 23.7. The van der Waals surface area contributed by atoms with Crippen LogP contribution in [0.3, 0.4) is 0 Å². The van der Waals surface area contributed by atoms with Gasteiger partial charge in [0.1, 0.15) is 0 Å². The maximum atomic E-state index is 6.49. The molecule has 42 heavy (non-hydrogen) atoms. The third kappa shape index (κ3) is 8.34. The summed E-state index contributed by atoms with van der Waals surface area (Å²) in [7, 11) is 0. The Morgan fingerprint density at radius 3 is 1.29 bits per heavy atom. The molecule has 0 atom stereocenters. The molecule has 4 N–H and O–H groups in total. The molecule has 1 aliphatic heterocycles. The second kappa shape index (κ2) is 15.7. The van der Waals surface area contributed by atoms with Gasteiger partial charge in [0, 0.05) is 62.4 Å². The third-order valence-electron chi connectivity index (χ3n) is 7.55. The van der Waals surface area contributed by atoms with Gasteiger partial charge in [-0.1, -0.05) is 36.4 Å². The molecule has 1 aliphatic rings. The minimum absolute atomic E-state index is 0.540. The highest BCUT2D eigenvalue weighted by Gasteiger charge is 2.13. The van der Waals surface area contributed by atoms with E-state index in [4.69, 9.17) is 30.4 Å². The average molecular weight is 575 g/mol. The number of hydrogen-bond donors (Lipinski definition) is 2. The summed E-state index contributed by atoms with van der Waals surface area (Å²) in [5.74, 6) is 0. The molecule has 0 saturated carbocycles. The van der Waals surface area contributed by atoms with Crippen molar-refractivity contribution < 1.29 is 18.9 Å². The summed E-state index contributed by atoms with van der Waals surface area (Å²) in [6.45, 7) is 8.99. The van der Waals surface area contributed by atoms with Gasteiger partial charge in [-0.15, -0.1) is 0 Å². The number of pyridine rings is 2. The number of benzene rings is 2. The minimum Gasteiger partial charge on any atom is -0.397 e. The van der Waals surface area contributed by atoms with E-state index in [0.717, 1.165) is 70.5 Å². The molecule has 0 unspecified atom stereocenters. The van der Waals surface area contributed by atoms with Crippen molar-refractivity contribution in [3.05, 3.63) is 72.1 Å². The topological polar surface area (TPSA) is 121 Å². The van der Waals surface area contributed by atoms with Gasteiger partial charge in [-0.05, 0) is 23.3 Å². The summed E-state index contributed by atoms with van der Waals surface area (Å²) in [6, 6.07) is 16.2. The van der Waals surface area contributed by atoms with Crippen molar-refractivity contribution >= 4 is 33.2 Å². The van der Waals surface area contributed by atoms with E-state index in [-0.39, 0.29) is 0 Å². The maximum Gasteiger partial charge on any atom is 0.0934 e. The molecule has 224 valence electrons. The van der Waals surface area contributed by atoms with E-state index in [1.54, 1.807) is 12.4 Å². The van der Waals surface area contributed by atoms with E-state index >= 15 is 0 Å². The Morgan fingerprint density at radius 2 is 0.905 bits per heavy atom. The standard InChI is InChI=1S/C32H42N6O4/c33-29-27(7-5-25-3-1-9-35-31(25)29)23-37-11-15-39-19-21-41-17-13-38(14-18-42-22-20-40-16-12-37)24-28-8-6-26-4-2-10-36-32(26)30(28)34/h1-10H,11-24,33-34H2. The molecule has 0 bridgehead atoms. The lowest BCUT2D eigenvalue weighted by Crippen LogP contribution is -2.33. The van der Waals surface area contributed by atoms with Gasteiger partial charge in [0.15, 0.2) is 0 Å². The minimum atomic E-state index is 0.540. The largest absolute Gasteiger partial charge is 0.397 e. The normalized spacial score (nSPS) is 18.1. The van der Waals surface area contributed by atoms with Crippen LogP contribution in [0.1, 0.15) is 11.1 Å². The van der Waals surface area contributed by atoms with Crippen molar-refractivity contribution in [2.45, 2.75) is 13.1 Å². The van der Waals surface area contributed by atoms with E-state index in [0.29, 0.717) is 65.9 Å². The number of nitrogens with two attached hydrogens (primary N) is 2. The summed E-state index contributed by atoms with van der Waals surface area (Å²) in [6.07, 6.45) is 3.56. The second-order valence-corrected chi connectivity index (χ2v) is 10.4. The molecular weight excluding hydrogens is 532 g/mol. The molecule has 1 saturated heterocycles. The molecular formula is C32H42N6O4. The average Bonchev–Trinajstić information content (AvgIpc) is 3.01. The van der Waals surface area contributed by atoms with Crippen LogP contribution in [0.4, 0.5) is 11.4 Å².